The highest BCUT2D eigenvalue weighted by atomic mass is 79.9. The third kappa shape index (κ3) is 1.96. The molecule has 1 heteroatoms. The number of aryl methyl sites for hydroxylation is 2. The van der Waals surface area contributed by atoms with Crippen molar-refractivity contribution in [3.05, 3.63) is 32.8 Å². The summed E-state index contributed by atoms with van der Waals surface area (Å²) in [6.07, 6.45) is 2.25. The van der Waals surface area contributed by atoms with Gasteiger partial charge < -0.3 is 0 Å². The summed E-state index contributed by atoms with van der Waals surface area (Å²) in [4.78, 5) is 0. The van der Waals surface area contributed by atoms with Gasteiger partial charge in [-0.3, -0.25) is 0 Å². The molecule has 1 rings (SSSR count). The van der Waals surface area contributed by atoms with Crippen molar-refractivity contribution in [1.82, 2.24) is 0 Å². The van der Waals surface area contributed by atoms with Crippen LogP contribution in [0.1, 0.15) is 36.1 Å². The van der Waals surface area contributed by atoms with E-state index in [0.29, 0.717) is 0 Å². The van der Waals surface area contributed by atoms with Crippen LogP contribution >= 0.6 is 15.9 Å². The lowest BCUT2D eigenvalue weighted by Gasteiger charge is -2.12. The summed E-state index contributed by atoms with van der Waals surface area (Å²) < 4.78 is 1.30. The van der Waals surface area contributed by atoms with E-state index in [9.17, 15) is 0 Å². The number of hydrogen-bond acceptors (Lipinski definition) is 0. The highest BCUT2D eigenvalue weighted by Crippen LogP contribution is 2.27. The van der Waals surface area contributed by atoms with E-state index in [2.05, 4.69) is 49.7 Å². The van der Waals surface area contributed by atoms with Gasteiger partial charge in [-0.2, -0.15) is 0 Å². The van der Waals surface area contributed by atoms with Crippen LogP contribution in [0.2, 0.25) is 0 Å². The molecule has 0 aliphatic rings. The van der Waals surface area contributed by atoms with Crippen molar-refractivity contribution in [2.24, 2.45) is 0 Å². The largest absolute Gasteiger partial charge is 0.0613 e. The maximum absolute atomic E-state index is 3.66. The minimum Gasteiger partial charge on any atom is -0.0613 e. The summed E-state index contributed by atoms with van der Waals surface area (Å²) in [6.45, 7) is 8.80. The summed E-state index contributed by atoms with van der Waals surface area (Å²) in [5.74, 6) is 0. The van der Waals surface area contributed by atoms with E-state index in [4.69, 9.17) is 0 Å². The van der Waals surface area contributed by atoms with E-state index < -0.39 is 0 Å². The first-order valence-electron chi connectivity index (χ1n) is 4.89. The Morgan fingerprint density at radius 2 is 1.38 bits per heavy atom. The molecule has 0 aliphatic carbocycles. The standard InChI is InChI=1S/C12H17Br/c1-5-10-7-11(6-2)9(4)12(13)8(10)3/h7H,5-6H2,1-4H3. The number of rotatable bonds is 2. The topological polar surface area (TPSA) is 0 Å². The average Bonchev–Trinajstić information content (AvgIpc) is 2.15. The van der Waals surface area contributed by atoms with E-state index in [-0.39, 0.29) is 0 Å². The van der Waals surface area contributed by atoms with E-state index in [1.807, 2.05) is 0 Å². The second-order valence-electron chi connectivity index (χ2n) is 3.47. The fraction of sp³-hybridized carbons (Fsp3) is 0.500. The zero-order valence-corrected chi connectivity index (χ0v) is 10.5. The van der Waals surface area contributed by atoms with Crippen LogP contribution < -0.4 is 0 Å². The zero-order chi connectivity index (χ0) is 10.0. The molecule has 0 saturated heterocycles. The Balaban J connectivity index is 3.36. The third-order valence-electron chi connectivity index (χ3n) is 2.73. The molecule has 0 heterocycles. The highest BCUT2D eigenvalue weighted by molar-refractivity contribution is 9.10. The van der Waals surface area contributed by atoms with Gasteiger partial charge in [0.2, 0.25) is 0 Å². The SMILES string of the molecule is CCc1cc(CC)c(C)c(Br)c1C. The lowest BCUT2D eigenvalue weighted by molar-refractivity contribution is 1.04. The molecule has 72 valence electrons. The molecular weight excluding hydrogens is 224 g/mol. The lowest BCUT2D eigenvalue weighted by atomic mass is 9.97. The fourth-order valence-corrected chi connectivity index (χ4v) is 2.23. The first-order valence-corrected chi connectivity index (χ1v) is 5.68. The Bertz CT molecular complexity index is 285. The van der Waals surface area contributed by atoms with Gasteiger partial charge in [-0.15, -0.1) is 0 Å². The monoisotopic (exact) mass is 240 g/mol. The molecule has 0 bridgehead atoms. The molecule has 13 heavy (non-hydrogen) atoms. The van der Waals surface area contributed by atoms with E-state index in [1.165, 1.54) is 26.7 Å². The molecule has 0 N–H and O–H groups in total. The summed E-state index contributed by atoms with van der Waals surface area (Å²) >= 11 is 3.66. The quantitative estimate of drug-likeness (QED) is 0.728. The van der Waals surface area contributed by atoms with Gasteiger partial charge in [-0.05, 0) is 48.9 Å². The number of hydrogen-bond donors (Lipinski definition) is 0. The van der Waals surface area contributed by atoms with Gasteiger partial charge in [0, 0.05) is 4.47 Å². The fourth-order valence-electron chi connectivity index (χ4n) is 1.72. The second-order valence-corrected chi connectivity index (χ2v) is 4.26. The van der Waals surface area contributed by atoms with Crippen LogP contribution in [0.3, 0.4) is 0 Å². The van der Waals surface area contributed by atoms with Crippen molar-refractivity contribution < 1.29 is 0 Å². The van der Waals surface area contributed by atoms with Gasteiger partial charge in [0.15, 0.2) is 0 Å². The molecule has 0 amide bonds. The molecule has 0 atom stereocenters. The zero-order valence-electron chi connectivity index (χ0n) is 8.87. The Morgan fingerprint density at radius 1 is 1.00 bits per heavy atom. The van der Waals surface area contributed by atoms with Crippen LogP contribution in [0.5, 0.6) is 0 Å². The van der Waals surface area contributed by atoms with Gasteiger partial charge in [0.1, 0.15) is 0 Å². The summed E-state index contributed by atoms with van der Waals surface area (Å²) in [7, 11) is 0. The summed E-state index contributed by atoms with van der Waals surface area (Å²) in [6, 6.07) is 2.34. The van der Waals surface area contributed by atoms with Crippen molar-refractivity contribution in [3.63, 3.8) is 0 Å². The van der Waals surface area contributed by atoms with Crippen LogP contribution in [0.15, 0.2) is 10.5 Å². The highest BCUT2D eigenvalue weighted by Gasteiger charge is 2.07. The molecule has 0 aliphatic heterocycles. The molecule has 0 unspecified atom stereocenters. The molecular formula is C12H17Br. The Labute approximate surface area is 89.5 Å². The Morgan fingerprint density at radius 3 is 1.69 bits per heavy atom. The molecule has 1 aromatic rings. The molecule has 0 nitrogen and oxygen atoms in total. The van der Waals surface area contributed by atoms with Crippen molar-refractivity contribution >= 4 is 15.9 Å². The smallest absolute Gasteiger partial charge is 0.0239 e. The molecule has 0 aromatic heterocycles. The average molecular weight is 241 g/mol. The van der Waals surface area contributed by atoms with Gasteiger partial charge in [-0.1, -0.05) is 35.8 Å². The molecule has 0 spiro atoms. The maximum atomic E-state index is 3.66. The first-order chi connectivity index (χ1) is 6.11. The Hall–Kier alpha value is -0.300. The van der Waals surface area contributed by atoms with Crippen molar-refractivity contribution in [1.29, 1.82) is 0 Å². The summed E-state index contributed by atoms with van der Waals surface area (Å²) in [5.41, 5.74) is 5.73. The number of benzene rings is 1. The summed E-state index contributed by atoms with van der Waals surface area (Å²) in [5, 5.41) is 0. The van der Waals surface area contributed by atoms with Crippen LogP contribution in [-0.2, 0) is 12.8 Å². The molecule has 1 aromatic carbocycles. The van der Waals surface area contributed by atoms with E-state index in [0.717, 1.165) is 12.8 Å². The van der Waals surface area contributed by atoms with E-state index in [1.54, 1.807) is 0 Å². The molecule has 0 fully saturated rings. The van der Waals surface area contributed by atoms with Crippen LogP contribution in [0.4, 0.5) is 0 Å². The van der Waals surface area contributed by atoms with Crippen molar-refractivity contribution in [2.75, 3.05) is 0 Å². The predicted octanol–water partition coefficient (Wildman–Crippen LogP) is 4.19. The van der Waals surface area contributed by atoms with Gasteiger partial charge >= 0.3 is 0 Å². The lowest BCUT2D eigenvalue weighted by Crippen LogP contribution is -1.96. The third-order valence-corrected chi connectivity index (χ3v) is 3.92. The van der Waals surface area contributed by atoms with Crippen LogP contribution in [-0.4, -0.2) is 0 Å². The maximum Gasteiger partial charge on any atom is 0.0239 e. The van der Waals surface area contributed by atoms with Crippen molar-refractivity contribution in [2.45, 2.75) is 40.5 Å². The molecule has 0 saturated carbocycles. The second kappa shape index (κ2) is 4.28. The van der Waals surface area contributed by atoms with Crippen molar-refractivity contribution in [3.8, 4) is 0 Å². The minimum atomic E-state index is 1.12. The predicted molar refractivity (Wildman–Crippen MR) is 62.4 cm³/mol. The molecule has 0 radical (unpaired) electrons. The van der Waals surface area contributed by atoms with Gasteiger partial charge in [0.25, 0.3) is 0 Å². The van der Waals surface area contributed by atoms with Gasteiger partial charge in [0.05, 0.1) is 0 Å². The first kappa shape index (κ1) is 10.8. The van der Waals surface area contributed by atoms with Gasteiger partial charge in [-0.25, -0.2) is 0 Å². The minimum absolute atomic E-state index is 1.12. The van der Waals surface area contributed by atoms with Crippen LogP contribution in [0, 0.1) is 13.8 Å². The number of halogens is 1. The van der Waals surface area contributed by atoms with Crippen LogP contribution in [0.25, 0.3) is 0 Å². The van der Waals surface area contributed by atoms with E-state index >= 15 is 0 Å². The Kier molecular flexibility index (Phi) is 3.55. The normalized spacial score (nSPS) is 10.5.